The van der Waals surface area contributed by atoms with Gasteiger partial charge in [0.1, 0.15) is 0 Å². The smallest absolute Gasteiger partial charge is 0.336 e. The van der Waals surface area contributed by atoms with Crippen LogP contribution < -0.4 is 0 Å². The minimum absolute atomic E-state index is 0.0590. The second-order valence-electron chi connectivity index (χ2n) is 5.14. The van der Waals surface area contributed by atoms with Gasteiger partial charge in [0.05, 0.1) is 17.9 Å². The number of rotatable bonds is 2. The van der Waals surface area contributed by atoms with Crippen LogP contribution in [0, 0.1) is 0 Å². The number of hydrogen-bond donors (Lipinski definition) is 0. The lowest BCUT2D eigenvalue weighted by atomic mass is 9.89. The van der Waals surface area contributed by atoms with E-state index in [4.69, 9.17) is 16.3 Å². The Morgan fingerprint density at radius 1 is 1.33 bits per heavy atom. The second-order valence-corrected chi connectivity index (χ2v) is 5.58. The van der Waals surface area contributed by atoms with Gasteiger partial charge in [-0.25, -0.2) is 4.79 Å². The predicted octanol–water partition coefficient (Wildman–Crippen LogP) is 2.79. The zero-order chi connectivity index (χ0) is 15.0. The van der Waals surface area contributed by atoms with Crippen molar-refractivity contribution in [2.45, 2.75) is 26.2 Å². The van der Waals surface area contributed by atoms with Crippen molar-refractivity contribution in [3.8, 4) is 0 Å². The fourth-order valence-corrected chi connectivity index (χ4v) is 3.13. The quantitative estimate of drug-likeness (QED) is 0.789. The van der Waals surface area contributed by atoms with Gasteiger partial charge in [-0.05, 0) is 37.5 Å². The molecule has 0 atom stereocenters. The second kappa shape index (κ2) is 5.53. The molecule has 0 unspecified atom stereocenters. The Balaban J connectivity index is 2.18. The van der Waals surface area contributed by atoms with E-state index in [1.54, 1.807) is 11.8 Å². The van der Waals surface area contributed by atoms with Crippen molar-refractivity contribution in [1.29, 1.82) is 0 Å². The molecule has 0 aromatic heterocycles. The highest BCUT2D eigenvalue weighted by molar-refractivity contribution is 6.30. The molecule has 110 valence electrons. The van der Waals surface area contributed by atoms with Gasteiger partial charge >= 0.3 is 5.97 Å². The van der Waals surface area contributed by atoms with E-state index in [-0.39, 0.29) is 11.9 Å². The number of halogens is 1. The molecule has 0 radical (unpaired) electrons. The molecule has 2 aliphatic heterocycles. The fraction of sp³-hybridized carbons (Fsp3) is 0.375. The van der Waals surface area contributed by atoms with E-state index in [0.29, 0.717) is 42.3 Å². The summed E-state index contributed by atoms with van der Waals surface area (Å²) in [5.74, 6) is -0.276. The molecule has 3 rings (SSSR count). The van der Waals surface area contributed by atoms with E-state index in [0.717, 1.165) is 17.5 Å². The molecule has 0 aliphatic carbocycles. The van der Waals surface area contributed by atoms with Crippen molar-refractivity contribution >= 4 is 29.2 Å². The average molecular weight is 306 g/mol. The molecular formula is C16H16ClNO3. The van der Waals surface area contributed by atoms with Crippen LogP contribution in [0.3, 0.4) is 0 Å². The third-order valence-corrected chi connectivity index (χ3v) is 4.13. The van der Waals surface area contributed by atoms with Gasteiger partial charge in [-0.1, -0.05) is 17.7 Å². The summed E-state index contributed by atoms with van der Waals surface area (Å²) in [7, 11) is 0. The van der Waals surface area contributed by atoms with Gasteiger partial charge in [0.2, 0.25) is 5.91 Å². The molecule has 0 N–H and O–H groups in total. The van der Waals surface area contributed by atoms with Crippen LogP contribution in [0.4, 0.5) is 0 Å². The molecule has 21 heavy (non-hydrogen) atoms. The number of nitrogens with zero attached hydrogens (tertiary/aromatic N) is 1. The van der Waals surface area contributed by atoms with Gasteiger partial charge in [0.25, 0.3) is 0 Å². The van der Waals surface area contributed by atoms with Crippen LogP contribution in [0.15, 0.2) is 23.8 Å². The summed E-state index contributed by atoms with van der Waals surface area (Å²) < 4.78 is 5.14. The summed E-state index contributed by atoms with van der Waals surface area (Å²) in [6, 6.07) is 5.63. The molecular weight excluding hydrogens is 290 g/mol. The Bertz CT molecular complexity index is 651. The molecule has 1 amide bonds. The zero-order valence-corrected chi connectivity index (χ0v) is 12.6. The number of amides is 1. The Kier molecular flexibility index (Phi) is 3.72. The Hall–Kier alpha value is -1.81. The molecule has 0 spiro atoms. The molecule has 1 aromatic carbocycles. The first kappa shape index (κ1) is 14.1. The Morgan fingerprint density at radius 3 is 2.90 bits per heavy atom. The molecule has 0 saturated carbocycles. The Labute approximate surface area is 128 Å². The van der Waals surface area contributed by atoms with Crippen LogP contribution >= 0.6 is 11.6 Å². The van der Waals surface area contributed by atoms with E-state index in [2.05, 4.69) is 0 Å². The maximum Gasteiger partial charge on any atom is 0.336 e. The SMILES string of the molecule is CCOC(=O)C1=C2c3cc(Cl)ccc3CCN2C(=O)CC1. The van der Waals surface area contributed by atoms with Gasteiger partial charge in [0.15, 0.2) is 0 Å². The summed E-state index contributed by atoms with van der Waals surface area (Å²) in [6.45, 7) is 2.71. The minimum Gasteiger partial charge on any atom is -0.463 e. The summed E-state index contributed by atoms with van der Waals surface area (Å²) >= 11 is 6.09. The van der Waals surface area contributed by atoms with E-state index < -0.39 is 0 Å². The van der Waals surface area contributed by atoms with E-state index in [1.165, 1.54) is 0 Å². The third-order valence-electron chi connectivity index (χ3n) is 3.90. The number of fused-ring (bicyclic) bond motifs is 3. The molecule has 1 aromatic rings. The fourth-order valence-electron chi connectivity index (χ4n) is 2.95. The maximum absolute atomic E-state index is 12.2. The van der Waals surface area contributed by atoms with Crippen molar-refractivity contribution in [3.63, 3.8) is 0 Å². The van der Waals surface area contributed by atoms with Crippen molar-refractivity contribution in [2.75, 3.05) is 13.2 Å². The van der Waals surface area contributed by atoms with Crippen molar-refractivity contribution in [3.05, 3.63) is 39.9 Å². The van der Waals surface area contributed by atoms with E-state index in [1.807, 2.05) is 18.2 Å². The number of carbonyl (C=O) groups is 2. The van der Waals surface area contributed by atoms with Crippen LogP contribution in [0.5, 0.6) is 0 Å². The predicted molar refractivity (Wildman–Crippen MR) is 79.7 cm³/mol. The van der Waals surface area contributed by atoms with Crippen molar-refractivity contribution in [2.24, 2.45) is 0 Å². The average Bonchev–Trinajstić information content (AvgIpc) is 2.47. The van der Waals surface area contributed by atoms with Crippen LogP contribution in [-0.2, 0) is 20.7 Å². The highest BCUT2D eigenvalue weighted by Gasteiger charge is 2.34. The number of esters is 1. The first-order valence-electron chi connectivity index (χ1n) is 7.11. The minimum atomic E-state index is -0.335. The number of hydrogen-bond acceptors (Lipinski definition) is 3. The summed E-state index contributed by atoms with van der Waals surface area (Å²) in [6.07, 6.45) is 1.56. The molecule has 2 heterocycles. The molecule has 4 nitrogen and oxygen atoms in total. The van der Waals surface area contributed by atoms with Gasteiger partial charge in [-0.2, -0.15) is 0 Å². The Morgan fingerprint density at radius 2 is 2.14 bits per heavy atom. The van der Waals surface area contributed by atoms with Crippen molar-refractivity contribution < 1.29 is 14.3 Å². The highest BCUT2D eigenvalue weighted by Crippen LogP contribution is 2.38. The van der Waals surface area contributed by atoms with E-state index in [9.17, 15) is 9.59 Å². The lowest BCUT2D eigenvalue weighted by molar-refractivity contribution is -0.139. The number of carbonyl (C=O) groups excluding carboxylic acids is 2. The maximum atomic E-state index is 12.2. The van der Waals surface area contributed by atoms with Crippen LogP contribution in [0.1, 0.15) is 30.9 Å². The van der Waals surface area contributed by atoms with Gasteiger partial charge in [-0.15, -0.1) is 0 Å². The first-order valence-corrected chi connectivity index (χ1v) is 7.49. The summed E-state index contributed by atoms with van der Waals surface area (Å²) in [4.78, 5) is 26.1. The van der Waals surface area contributed by atoms with Crippen LogP contribution in [0.25, 0.3) is 5.70 Å². The third kappa shape index (κ3) is 2.44. The first-order chi connectivity index (χ1) is 10.1. The van der Waals surface area contributed by atoms with Gasteiger partial charge in [0, 0.05) is 23.6 Å². The standard InChI is InChI=1S/C16H16ClNO3/c1-2-21-16(20)12-5-6-14(19)18-8-7-10-3-4-11(17)9-13(10)15(12)18/h3-4,9H,2,5-8H2,1H3. The lowest BCUT2D eigenvalue weighted by Gasteiger charge is -2.36. The van der Waals surface area contributed by atoms with E-state index >= 15 is 0 Å². The van der Waals surface area contributed by atoms with Gasteiger partial charge < -0.3 is 9.64 Å². The monoisotopic (exact) mass is 305 g/mol. The summed E-state index contributed by atoms with van der Waals surface area (Å²) in [5, 5.41) is 0.601. The number of ether oxygens (including phenoxy) is 1. The zero-order valence-electron chi connectivity index (χ0n) is 11.8. The largest absolute Gasteiger partial charge is 0.463 e. The molecule has 0 saturated heterocycles. The molecule has 5 heteroatoms. The lowest BCUT2D eigenvalue weighted by Crippen LogP contribution is -2.39. The molecule has 0 fully saturated rings. The van der Waals surface area contributed by atoms with Crippen LogP contribution in [-0.4, -0.2) is 29.9 Å². The number of benzene rings is 1. The molecule has 0 bridgehead atoms. The van der Waals surface area contributed by atoms with Crippen LogP contribution in [0.2, 0.25) is 5.02 Å². The van der Waals surface area contributed by atoms with Crippen molar-refractivity contribution in [1.82, 2.24) is 4.90 Å². The van der Waals surface area contributed by atoms with Gasteiger partial charge in [-0.3, -0.25) is 4.79 Å². The summed E-state index contributed by atoms with van der Waals surface area (Å²) in [5.41, 5.74) is 3.26. The topological polar surface area (TPSA) is 46.6 Å². The highest BCUT2D eigenvalue weighted by atomic mass is 35.5. The normalized spacial score (nSPS) is 17.4. The molecule has 2 aliphatic rings.